The molecular formula is C26H23N3O8S. The number of ether oxygens (including phenoxy) is 2. The van der Waals surface area contributed by atoms with E-state index < -0.39 is 33.1 Å². The summed E-state index contributed by atoms with van der Waals surface area (Å²) in [6, 6.07) is 9.52. The molecule has 3 aromatic rings. The van der Waals surface area contributed by atoms with Gasteiger partial charge in [0.15, 0.2) is 0 Å². The van der Waals surface area contributed by atoms with Crippen LogP contribution in [0.4, 0.5) is 16.4 Å². The average Bonchev–Trinajstić information content (AvgIpc) is 3.25. The summed E-state index contributed by atoms with van der Waals surface area (Å²) >= 11 is 1.39. The van der Waals surface area contributed by atoms with E-state index in [-0.39, 0.29) is 18.1 Å². The Morgan fingerprint density at radius 1 is 1.03 bits per heavy atom. The Morgan fingerprint density at radius 2 is 1.74 bits per heavy atom. The molecule has 1 heterocycles. The lowest BCUT2D eigenvalue weighted by Crippen LogP contribution is -2.14. The molecule has 1 aliphatic rings. The Labute approximate surface area is 221 Å². The molecule has 0 bridgehead atoms. The molecule has 1 amide bonds. The highest BCUT2D eigenvalue weighted by Gasteiger charge is 2.27. The summed E-state index contributed by atoms with van der Waals surface area (Å²) < 4.78 is 10.8. The fourth-order valence-corrected chi connectivity index (χ4v) is 5.33. The van der Waals surface area contributed by atoms with Crippen LogP contribution >= 0.6 is 11.3 Å². The number of esters is 1. The number of carbonyl (C=O) groups excluding carboxylic acids is 2. The lowest BCUT2D eigenvalue weighted by atomic mass is 9.95. The van der Waals surface area contributed by atoms with E-state index in [0.29, 0.717) is 16.1 Å². The van der Waals surface area contributed by atoms with Gasteiger partial charge in [-0.3, -0.25) is 25.0 Å². The largest absolute Gasteiger partial charge is 0.462 e. The van der Waals surface area contributed by atoms with E-state index >= 15 is 0 Å². The number of aryl methyl sites for hydroxylation is 1. The quantitative estimate of drug-likeness (QED) is 0.150. The van der Waals surface area contributed by atoms with Crippen LogP contribution in [-0.2, 0) is 22.4 Å². The number of hydrogen-bond donors (Lipinski definition) is 1. The van der Waals surface area contributed by atoms with E-state index in [9.17, 15) is 29.8 Å². The zero-order valence-corrected chi connectivity index (χ0v) is 21.1. The number of nitro benzene ring substituents is 2. The van der Waals surface area contributed by atoms with Crippen molar-refractivity contribution in [2.45, 2.75) is 32.6 Å². The van der Waals surface area contributed by atoms with Crippen LogP contribution in [0.2, 0.25) is 0 Å². The summed E-state index contributed by atoms with van der Waals surface area (Å²) in [5.41, 5.74) is 1.01. The fraction of sp³-hybridized carbons (Fsp3) is 0.231. The lowest BCUT2D eigenvalue weighted by Gasteiger charge is -2.12. The Bertz CT molecular complexity index is 1410. The van der Waals surface area contributed by atoms with Gasteiger partial charge >= 0.3 is 5.97 Å². The van der Waals surface area contributed by atoms with E-state index in [1.807, 2.05) is 0 Å². The Morgan fingerprint density at radius 3 is 2.42 bits per heavy atom. The molecule has 0 spiro atoms. The first kappa shape index (κ1) is 26.5. The number of benzene rings is 2. The number of amides is 1. The van der Waals surface area contributed by atoms with E-state index in [1.165, 1.54) is 23.5 Å². The van der Waals surface area contributed by atoms with Gasteiger partial charge in [-0.25, -0.2) is 4.79 Å². The van der Waals surface area contributed by atoms with Crippen LogP contribution in [-0.4, -0.2) is 28.3 Å². The van der Waals surface area contributed by atoms with Crippen molar-refractivity contribution in [2.24, 2.45) is 0 Å². The van der Waals surface area contributed by atoms with Gasteiger partial charge in [-0.05, 0) is 61.9 Å². The Balaban J connectivity index is 1.50. The smallest absolute Gasteiger partial charge is 0.341 e. The molecule has 0 unspecified atom stereocenters. The van der Waals surface area contributed by atoms with Crippen molar-refractivity contribution in [2.75, 3.05) is 11.9 Å². The molecule has 196 valence electrons. The summed E-state index contributed by atoms with van der Waals surface area (Å²) in [6.07, 6.45) is 6.49. The molecule has 0 saturated carbocycles. The van der Waals surface area contributed by atoms with Crippen molar-refractivity contribution in [1.29, 1.82) is 0 Å². The molecule has 0 radical (unpaired) electrons. The minimum Gasteiger partial charge on any atom is -0.462 e. The molecule has 38 heavy (non-hydrogen) atoms. The van der Waals surface area contributed by atoms with Gasteiger partial charge in [0.05, 0.1) is 40.2 Å². The third-order valence-electron chi connectivity index (χ3n) is 5.71. The summed E-state index contributed by atoms with van der Waals surface area (Å²) in [7, 11) is 0. The normalized spacial score (nSPS) is 12.6. The van der Waals surface area contributed by atoms with Crippen molar-refractivity contribution in [3.8, 4) is 11.5 Å². The van der Waals surface area contributed by atoms with Gasteiger partial charge in [0.25, 0.3) is 11.4 Å². The highest BCUT2D eigenvalue weighted by molar-refractivity contribution is 7.17. The summed E-state index contributed by atoms with van der Waals surface area (Å²) in [5, 5.41) is 25.5. The number of thiophene rings is 1. The van der Waals surface area contributed by atoms with Gasteiger partial charge in [-0.2, -0.15) is 0 Å². The molecular weight excluding hydrogens is 514 g/mol. The van der Waals surface area contributed by atoms with Gasteiger partial charge in [0.2, 0.25) is 5.91 Å². The SMILES string of the molecule is CCOC(=O)c1c(NC(=O)/C=C\c2cccc(Oc3cc([N+](=O)[O-])cc([N+](=O)[O-])c3)c2)sc2c1CCCC2. The van der Waals surface area contributed by atoms with Crippen molar-refractivity contribution >= 4 is 45.7 Å². The van der Waals surface area contributed by atoms with Crippen LogP contribution < -0.4 is 10.1 Å². The molecule has 4 rings (SSSR count). The van der Waals surface area contributed by atoms with Crippen LogP contribution in [0.5, 0.6) is 11.5 Å². The molecule has 0 atom stereocenters. The minimum atomic E-state index is -0.741. The molecule has 0 aliphatic heterocycles. The van der Waals surface area contributed by atoms with Gasteiger partial charge in [-0.1, -0.05) is 12.1 Å². The number of anilines is 1. The zero-order valence-electron chi connectivity index (χ0n) is 20.3. The number of fused-ring (bicyclic) bond motifs is 1. The fourth-order valence-electron chi connectivity index (χ4n) is 4.05. The second kappa shape index (κ2) is 11.6. The van der Waals surface area contributed by atoms with Crippen LogP contribution in [0.1, 0.15) is 46.1 Å². The van der Waals surface area contributed by atoms with E-state index in [1.54, 1.807) is 31.2 Å². The highest BCUT2D eigenvalue weighted by Crippen LogP contribution is 2.38. The molecule has 1 N–H and O–H groups in total. The molecule has 1 aliphatic carbocycles. The molecule has 0 fully saturated rings. The summed E-state index contributed by atoms with van der Waals surface area (Å²) in [6.45, 7) is 1.97. The summed E-state index contributed by atoms with van der Waals surface area (Å²) in [4.78, 5) is 47.1. The van der Waals surface area contributed by atoms with Crippen LogP contribution in [0.25, 0.3) is 6.08 Å². The minimum absolute atomic E-state index is 0.0714. The van der Waals surface area contributed by atoms with Crippen LogP contribution in [0.15, 0.2) is 48.5 Å². The predicted molar refractivity (Wildman–Crippen MR) is 141 cm³/mol. The molecule has 1 aromatic heterocycles. The van der Waals surface area contributed by atoms with Crippen molar-refractivity contribution < 1.29 is 28.9 Å². The number of nitrogens with zero attached hydrogens (tertiary/aromatic N) is 2. The van der Waals surface area contributed by atoms with Gasteiger partial charge in [-0.15, -0.1) is 11.3 Å². The lowest BCUT2D eigenvalue weighted by molar-refractivity contribution is -0.394. The van der Waals surface area contributed by atoms with Crippen molar-refractivity contribution in [1.82, 2.24) is 0 Å². The molecule has 0 saturated heterocycles. The van der Waals surface area contributed by atoms with Gasteiger partial charge in [0, 0.05) is 11.0 Å². The first-order valence-corrected chi connectivity index (χ1v) is 12.6. The monoisotopic (exact) mass is 537 g/mol. The number of nitro groups is 2. The van der Waals surface area contributed by atoms with Crippen LogP contribution in [0, 0.1) is 20.2 Å². The zero-order chi connectivity index (χ0) is 27.2. The van der Waals surface area contributed by atoms with Crippen LogP contribution in [0.3, 0.4) is 0 Å². The van der Waals surface area contributed by atoms with Crippen molar-refractivity contribution in [3.63, 3.8) is 0 Å². The van der Waals surface area contributed by atoms with Crippen molar-refractivity contribution in [3.05, 3.63) is 90.3 Å². The third kappa shape index (κ3) is 6.21. The number of hydrogen-bond acceptors (Lipinski definition) is 9. The Hall–Kier alpha value is -4.58. The molecule has 11 nitrogen and oxygen atoms in total. The summed E-state index contributed by atoms with van der Waals surface area (Å²) in [5.74, 6) is -0.692. The van der Waals surface area contributed by atoms with E-state index in [4.69, 9.17) is 9.47 Å². The second-order valence-electron chi connectivity index (χ2n) is 8.33. The van der Waals surface area contributed by atoms with E-state index in [0.717, 1.165) is 54.3 Å². The van der Waals surface area contributed by atoms with Gasteiger partial charge in [0.1, 0.15) is 16.5 Å². The van der Waals surface area contributed by atoms with Gasteiger partial charge < -0.3 is 14.8 Å². The first-order valence-electron chi connectivity index (χ1n) is 11.8. The maximum Gasteiger partial charge on any atom is 0.341 e. The maximum absolute atomic E-state index is 12.7. The van der Waals surface area contributed by atoms with E-state index in [2.05, 4.69) is 5.32 Å². The Kier molecular flexibility index (Phi) is 8.12. The molecule has 2 aromatic carbocycles. The third-order valence-corrected chi connectivity index (χ3v) is 6.91. The number of non-ortho nitro benzene ring substituents is 2. The molecule has 12 heteroatoms. The number of rotatable bonds is 9. The standard InChI is InChI=1S/C26H23N3O8S/c1-2-36-26(31)24-21-8-3-4-9-22(21)38-25(24)27-23(30)11-10-16-6-5-7-19(12-16)37-20-14-17(28(32)33)13-18(15-20)29(34)35/h5-7,10-15H,2-4,8-9H2,1H3,(H,27,30)/b11-10-. The maximum atomic E-state index is 12.7. The average molecular weight is 538 g/mol. The number of carbonyl (C=O) groups is 2. The second-order valence-corrected chi connectivity index (χ2v) is 9.44. The topological polar surface area (TPSA) is 151 Å². The first-order chi connectivity index (χ1) is 18.2. The highest BCUT2D eigenvalue weighted by atomic mass is 32.1. The number of nitrogens with one attached hydrogen (secondary N) is 1. The predicted octanol–water partition coefficient (Wildman–Crippen LogP) is 6.06.